The second-order valence-corrected chi connectivity index (χ2v) is 12.7. The predicted molar refractivity (Wildman–Crippen MR) is 144 cm³/mol. The lowest BCUT2D eigenvalue weighted by atomic mass is 9.74. The zero-order valence-corrected chi connectivity index (χ0v) is 22.8. The van der Waals surface area contributed by atoms with Gasteiger partial charge in [-0.15, -0.1) is 11.8 Å². The molecule has 5 rings (SSSR count). The number of hydrogen-bond donors (Lipinski definition) is 1. The van der Waals surface area contributed by atoms with Crippen molar-refractivity contribution in [3.8, 4) is 0 Å². The van der Waals surface area contributed by atoms with Gasteiger partial charge in [-0.25, -0.2) is 0 Å². The third kappa shape index (κ3) is 3.95. The number of rotatable bonds is 3. The van der Waals surface area contributed by atoms with E-state index in [9.17, 15) is 19.5 Å². The fraction of sp³-hybridized carbons (Fsp3) is 0.552. The molecule has 2 fully saturated rings. The maximum atomic E-state index is 14.5. The quantitative estimate of drug-likeness (QED) is 0.481. The number of benzene rings is 1. The number of para-hydroxylation sites is 1. The van der Waals surface area contributed by atoms with Gasteiger partial charge in [-0.05, 0) is 58.1 Å². The van der Waals surface area contributed by atoms with Crippen LogP contribution in [0, 0.1) is 25.7 Å². The van der Waals surface area contributed by atoms with Gasteiger partial charge in [0.05, 0.1) is 35.8 Å². The van der Waals surface area contributed by atoms with Crippen LogP contribution in [-0.2, 0) is 19.1 Å². The molecule has 6 atom stereocenters. The molecule has 1 spiro atoms. The van der Waals surface area contributed by atoms with Gasteiger partial charge in [0.25, 0.3) is 5.91 Å². The number of esters is 1. The summed E-state index contributed by atoms with van der Waals surface area (Å²) in [5, 5.41) is 10.1. The Morgan fingerprint density at radius 3 is 2.51 bits per heavy atom. The second kappa shape index (κ2) is 9.62. The number of likely N-dealkylation sites (tertiary alicyclic amines) is 1. The molecule has 4 aliphatic heterocycles. The Morgan fingerprint density at radius 2 is 1.81 bits per heavy atom. The van der Waals surface area contributed by atoms with Crippen molar-refractivity contribution in [2.75, 3.05) is 24.7 Å². The number of anilines is 1. The van der Waals surface area contributed by atoms with Crippen molar-refractivity contribution in [2.45, 2.75) is 68.5 Å². The molecule has 0 bridgehead atoms. The van der Waals surface area contributed by atoms with Crippen molar-refractivity contribution < 1.29 is 24.2 Å². The van der Waals surface area contributed by atoms with Crippen LogP contribution in [0.3, 0.4) is 0 Å². The van der Waals surface area contributed by atoms with Crippen molar-refractivity contribution in [1.82, 2.24) is 4.90 Å². The number of allylic oxidation sites excluding steroid dienone is 1. The molecular formula is C29H36N2O5S. The number of fused-ring (bicyclic) bond motifs is 2. The number of aliphatic hydroxyl groups excluding tert-OH is 1. The summed E-state index contributed by atoms with van der Waals surface area (Å²) in [7, 11) is 0. The Balaban J connectivity index is 1.68. The van der Waals surface area contributed by atoms with E-state index in [4.69, 9.17) is 4.74 Å². The topological polar surface area (TPSA) is 87.2 Å². The lowest BCUT2D eigenvalue weighted by molar-refractivity contribution is -0.154. The van der Waals surface area contributed by atoms with E-state index in [1.54, 1.807) is 16.7 Å². The highest BCUT2D eigenvalue weighted by atomic mass is 32.2. The van der Waals surface area contributed by atoms with Crippen molar-refractivity contribution in [2.24, 2.45) is 11.8 Å². The molecule has 198 valence electrons. The highest BCUT2D eigenvalue weighted by molar-refractivity contribution is 8.02. The van der Waals surface area contributed by atoms with Gasteiger partial charge in [-0.1, -0.05) is 42.5 Å². The number of carbonyl (C=O) groups excluding carboxylic acids is 3. The summed E-state index contributed by atoms with van der Waals surface area (Å²) >= 11 is 1.53. The van der Waals surface area contributed by atoms with Gasteiger partial charge in [0.1, 0.15) is 6.04 Å². The third-order valence-electron chi connectivity index (χ3n) is 8.39. The third-order valence-corrected chi connectivity index (χ3v) is 10.2. The maximum absolute atomic E-state index is 14.5. The molecule has 0 aromatic heterocycles. The van der Waals surface area contributed by atoms with E-state index in [-0.39, 0.29) is 24.4 Å². The molecule has 2 saturated heterocycles. The van der Waals surface area contributed by atoms with Gasteiger partial charge in [-0.3, -0.25) is 14.4 Å². The van der Waals surface area contributed by atoms with Crippen LogP contribution in [0.1, 0.15) is 44.2 Å². The molecule has 7 nitrogen and oxygen atoms in total. The molecule has 1 aromatic carbocycles. The summed E-state index contributed by atoms with van der Waals surface area (Å²) in [5.74, 6) is -2.34. The molecular weight excluding hydrogens is 488 g/mol. The Hall–Kier alpha value is -2.58. The molecule has 4 heterocycles. The maximum Gasteiger partial charge on any atom is 0.311 e. The molecule has 8 heteroatoms. The van der Waals surface area contributed by atoms with Crippen molar-refractivity contribution >= 4 is 35.2 Å². The van der Waals surface area contributed by atoms with E-state index in [2.05, 4.69) is 12.2 Å². The minimum absolute atomic E-state index is 0.185. The lowest BCUT2D eigenvalue weighted by Gasteiger charge is -2.39. The number of ether oxygens (including phenoxy) is 1. The average Bonchev–Trinajstić information content (AvgIpc) is 3.20. The van der Waals surface area contributed by atoms with Gasteiger partial charge >= 0.3 is 5.97 Å². The van der Waals surface area contributed by atoms with Gasteiger partial charge in [-0.2, -0.15) is 0 Å². The Morgan fingerprint density at radius 1 is 1.08 bits per heavy atom. The molecule has 1 aromatic rings. The minimum Gasteiger partial charge on any atom is -0.465 e. The zero-order valence-electron chi connectivity index (χ0n) is 22.0. The summed E-state index contributed by atoms with van der Waals surface area (Å²) in [4.78, 5) is 45.7. The fourth-order valence-corrected chi connectivity index (χ4v) is 8.87. The molecule has 0 aliphatic carbocycles. The Kier molecular flexibility index (Phi) is 6.77. The van der Waals surface area contributed by atoms with Crippen LogP contribution in [0.4, 0.5) is 5.69 Å². The van der Waals surface area contributed by atoms with Crippen molar-refractivity contribution in [1.29, 1.82) is 0 Å². The van der Waals surface area contributed by atoms with E-state index in [1.165, 1.54) is 11.8 Å². The normalized spacial score (nSPS) is 35.4. The summed E-state index contributed by atoms with van der Waals surface area (Å²) in [6, 6.07) is 4.50. The van der Waals surface area contributed by atoms with E-state index in [0.717, 1.165) is 36.1 Å². The summed E-state index contributed by atoms with van der Waals surface area (Å²) in [6.07, 6.45) is 10.7. The standard InChI is InChI=1S/C29H36N2O5S/c1-18-11-9-12-19(2)23(18)30-15-10-14-29-21(25(33)31(20(3)17-32)24(29)26(30)34)22-27(35)36-16-8-6-5-7-13-28(22,4)37-29/h7,9-14,20-22,24,32H,5-6,8,15-17H2,1-4H3/b13-7-/t20-,21+,22+,24?,28-,29+/m1/s1. The van der Waals surface area contributed by atoms with Gasteiger partial charge in [0, 0.05) is 17.0 Å². The fourth-order valence-electron chi connectivity index (χ4n) is 6.73. The largest absolute Gasteiger partial charge is 0.465 e. The lowest BCUT2D eigenvalue weighted by Crippen LogP contribution is -2.56. The highest BCUT2D eigenvalue weighted by Crippen LogP contribution is 2.65. The monoisotopic (exact) mass is 524 g/mol. The first-order valence-corrected chi connectivity index (χ1v) is 14.0. The van der Waals surface area contributed by atoms with Crippen LogP contribution in [-0.4, -0.2) is 69.1 Å². The first-order chi connectivity index (χ1) is 17.7. The SMILES string of the molecule is Cc1cccc(C)c1N1CC=C[C@]23S[C@]4(C)/C=C\CCCCOC(=O)[C@@H]4[C@H]2C(=O)N([C@H](C)CO)C3C1=O. The first kappa shape index (κ1) is 26.0. The zero-order chi connectivity index (χ0) is 26.5. The van der Waals surface area contributed by atoms with E-state index in [1.807, 2.05) is 51.1 Å². The number of aryl methyl sites for hydroxylation is 2. The number of amides is 2. The molecule has 4 aliphatic rings. The number of cyclic esters (lactones) is 1. The van der Waals surface area contributed by atoms with Crippen LogP contribution in [0.15, 0.2) is 42.5 Å². The van der Waals surface area contributed by atoms with Crippen LogP contribution in [0.2, 0.25) is 0 Å². The average molecular weight is 525 g/mol. The number of thioether (sulfide) groups is 1. The van der Waals surface area contributed by atoms with Crippen LogP contribution in [0.25, 0.3) is 0 Å². The number of nitrogens with zero attached hydrogens (tertiary/aromatic N) is 2. The Labute approximate surface area is 222 Å². The van der Waals surface area contributed by atoms with Crippen LogP contribution >= 0.6 is 11.8 Å². The molecule has 1 unspecified atom stereocenters. The number of carbonyl (C=O) groups is 3. The molecule has 2 amide bonds. The summed E-state index contributed by atoms with van der Waals surface area (Å²) in [6.45, 7) is 8.13. The molecule has 0 saturated carbocycles. The van der Waals surface area contributed by atoms with Crippen molar-refractivity contribution in [3.63, 3.8) is 0 Å². The van der Waals surface area contributed by atoms with Gasteiger partial charge < -0.3 is 19.6 Å². The first-order valence-electron chi connectivity index (χ1n) is 13.2. The number of aliphatic hydroxyl groups is 1. The van der Waals surface area contributed by atoms with Crippen LogP contribution in [0.5, 0.6) is 0 Å². The van der Waals surface area contributed by atoms with Crippen molar-refractivity contribution in [3.05, 3.63) is 53.6 Å². The molecule has 0 radical (unpaired) electrons. The van der Waals surface area contributed by atoms with Gasteiger partial charge in [0.2, 0.25) is 5.91 Å². The van der Waals surface area contributed by atoms with Gasteiger partial charge in [0.15, 0.2) is 0 Å². The molecule has 37 heavy (non-hydrogen) atoms. The van der Waals surface area contributed by atoms with Crippen LogP contribution < -0.4 is 4.90 Å². The Bertz CT molecular complexity index is 1160. The second-order valence-electron chi connectivity index (χ2n) is 10.9. The minimum atomic E-state index is -0.959. The van der Waals surface area contributed by atoms with E-state index >= 15 is 0 Å². The molecule has 1 N–H and O–H groups in total. The predicted octanol–water partition coefficient (Wildman–Crippen LogP) is 3.56. The summed E-state index contributed by atoms with van der Waals surface area (Å²) < 4.78 is 4.04. The number of hydrogen-bond acceptors (Lipinski definition) is 6. The summed E-state index contributed by atoms with van der Waals surface area (Å²) in [5.41, 5.74) is 2.80. The smallest absolute Gasteiger partial charge is 0.311 e. The van der Waals surface area contributed by atoms with E-state index in [0.29, 0.717) is 13.2 Å². The highest BCUT2D eigenvalue weighted by Gasteiger charge is 2.74. The van der Waals surface area contributed by atoms with E-state index < -0.39 is 33.4 Å².